The highest BCUT2D eigenvalue weighted by molar-refractivity contribution is 6.24. The maximum Gasteiger partial charge on any atom is 0.274 e. The second kappa shape index (κ2) is 8.60. The molecule has 34 heavy (non-hydrogen) atoms. The second-order valence-electron chi connectivity index (χ2n) is 7.91. The largest absolute Gasteiger partial charge is 0.494 e. The van der Waals surface area contributed by atoms with E-state index in [1.165, 1.54) is 11.1 Å². The molecule has 172 valence electrons. The van der Waals surface area contributed by atoms with E-state index in [-0.39, 0.29) is 5.69 Å². The van der Waals surface area contributed by atoms with E-state index in [0.717, 1.165) is 4.90 Å². The molecule has 3 aromatic carbocycles. The van der Waals surface area contributed by atoms with Gasteiger partial charge in [-0.15, -0.1) is 0 Å². The van der Waals surface area contributed by atoms with Gasteiger partial charge in [0.1, 0.15) is 17.7 Å². The Morgan fingerprint density at radius 3 is 2.26 bits per heavy atom. The van der Waals surface area contributed by atoms with Crippen molar-refractivity contribution < 1.29 is 24.1 Å². The van der Waals surface area contributed by atoms with E-state index >= 15 is 0 Å². The summed E-state index contributed by atoms with van der Waals surface area (Å²) in [7, 11) is 0. The lowest BCUT2D eigenvalue weighted by molar-refractivity contribution is -0.385. The number of rotatable bonds is 6. The van der Waals surface area contributed by atoms with Gasteiger partial charge in [0.25, 0.3) is 11.6 Å². The summed E-state index contributed by atoms with van der Waals surface area (Å²) in [5, 5.41) is 13.3. The molecule has 0 N–H and O–H groups in total. The predicted molar refractivity (Wildman–Crippen MR) is 123 cm³/mol. The van der Waals surface area contributed by atoms with Crippen LogP contribution >= 0.6 is 0 Å². The average Bonchev–Trinajstić information content (AvgIpc) is 3.36. The number of carbonyl (C=O) groups excluding carboxylic acids is 2. The smallest absolute Gasteiger partial charge is 0.274 e. The number of fused-ring (bicyclic) bond motifs is 1. The first-order chi connectivity index (χ1) is 16.5. The summed E-state index contributed by atoms with van der Waals surface area (Å²) >= 11 is 0. The van der Waals surface area contributed by atoms with Crippen LogP contribution < -0.4 is 14.7 Å². The van der Waals surface area contributed by atoms with Crippen molar-refractivity contribution in [3.63, 3.8) is 0 Å². The van der Waals surface area contributed by atoms with Crippen LogP contribution in [0.5, 0.6) is 5.75 Å². The van der Waals surface area contributed by atoms with Gasteiger partial charge in [0.05, 0.1) is 28.5 Å². The van der Waals surface area contributed by atoms with Gasteiger partial charge in [0, 0.05) is 6.07 Å². The molecule has 0 spiro atoms. The van der Waals surface area contributed by atoms with Crippen molar-refractivity contribution in [3.8, 4) is 5.75 Å². The van der Waals surface area contributed by atoms with Crippen LogP contribution in [0.1, 0.15) is 18.5 Å². The minimum Gasteiger partial charge on any atom is -0.494 e. The Labute approximate surface area is 195 Å². The third-order valence-corrected chi connectivity index (χ3v) is 5.98. The highest BCUT2D eigenvalue weighted by Crippen LogP contribution is 2.49. The van der Waals surface area contributed by atoms with Gasteiger partial charge >= 0.3 is 0 Å². The fraction of sp³-hybridized carbons (Fsp3) is 0.200. The maximum atomic E-state index is 13.6. The molecule has 2 heterocycles. The summed E-state index contributed by atoms with van der Waals surface area (Å²) in [6.07, 6.45) is -1.11. The van der Waals surface area contributed by atoms with E-state index in [9.17, 15) is 19.7 Å². The summed E-state index contributed by atoms with van der Waals surface area (Å²) in [5.74, 6) is -1.32. The van der Waals surface area contributed by atoms with E-state index in [1.807, 2.05) is 13.0 Å². The summed E-state index contributed by atoms with van der Waals surface area (Å²) in [6, 6.07) is 20.9. The lowest BCUT2D eigenvalue weighted by Gasteiger charge is -2.28. The topological polar surface area (TPSA) is 102 Å². The van der Waals surface area contributed by atoms with E-state index in [1.54, 1.807) is 66.7 Å². The molecule has 0 unspecified atom stereocenters. The van der Waals surface area contributed by atoms with Gasteiger partial charge in [0.2, 0.25) is 5.91 Å². The molecular formula is C25H21N3O6. The lowest BCUT2D eigenvalue weighted by Crippen LogP contribution is -2.37. The molecule has 0 bridgehead atoms. The number of carbonyl (C=O) groups is 2. The number of nitro benzene ring substituents is 1. The van der Waals surface area contributed by atoms with Gasteiger partial charge in [0.15, 0.2) is 6.10 Å². The number of hydrogen-bond acceptors (Lipinski definition) is 7. The van der Waals surface area contributed by atoms with Crippen LogP contribution in [0.4, 0.5) is 17.1 Å². The molecule has 9 nitrogen and oxygen atoms in total. The SMILES string of the molecule is CCOc1ccc(N2C(=O)[C@H]3[C@H](ON(c4ccccc4)[C@H]3c3ccccc3[N+](=O)[O-])C2=O)cc1. The molecule has 2 amide bonds. The van der Waals surface area contributed by atoms with Gasteiger partial charge in [-0.2, -0.15) is 0 Å². The molecular weight excluding hydrogens is 438 g/mol. The van der Waals surface area contributed by atoms with E-state index < -0.39 is 34.8 Å². The zero-order valence-corrected chi connectivity index (χ0v) is 18.2. The molecule has 0 aromatic heterocycles. The highest BCUT2D eigenvalue weighted by atomic mass is 16.7. The van der Waals surface area contributed by atoms with Crippen LogP contribution in [0.3, 0.4) is 0 Å². The average molecular weight is 459 g/mol. The molecule has 2 aliphatic heterocycles. The maximum absolute atomic E-state index is 13.6. The van der Waals surface area contributed by atoms with Gasteiger partial charge in [-0.05, 0) is 49.4 Å². The van der Waals surface area contributed by atoms with Crippen LogP contribution in [0, 0.1) is 16.0 Å². The van der Waals surface area contributed by atoms with Crippen molar-refractivity contribution in [2.75, 3.05) is 16.6 Å². The Kier molecular flexibility index (Phi) is 5.46. The predicted octanol–water partition coefficient (Wildman–Crippen LogP) is 4.04. The Hall–Kier alpha value is -4.24. The summed E-state index contributed by atoms with van der Waals surface area (Å²) < 4.78 is 5.44. The van der Waals surface area contributed by atoms with E-state index in [0.29, 0.717) is 29.3 Å². The van der Waals surface area contributed by atoms with Gasteiger partial charge in [-0.25, -0.2) is 9.96 Å². The summed E-state index contributed by atoms with van der Waals surface area (Å²) in [6.45, 7) is 2.35. The molecule has 2 fully saturated rings. The molecule has 9 heteroatoms. The van der Waals surface area contributed by atoms with Crippen molar-refractivity contribution in [1.29, 1.82) is 0 Å². The number of para-hydroxylation sites is 2. The van der Waals surface area contributed by atoms with Crippen molar-refractivity contribution in [3.05, 3.63) is 94.5 Å². The zero-order chi connectivity index (χ0) is 23.8. The van der Waals surface area contributed by atoms with Gasteiger partial charge < -0.3 is 4.74 Å². The number of anilines is 2. The number of amides is 2. The standard InChI is InChI=1S/C25H21N3O6/c1-2-33-18-14-12-16(13-15-18)26-24(29)21-22(19-10-6-7-11-20(19)28(31)32)27(34-23(21)25(26)30)17-8-4-3-5-9-17/h3-15,21-23H,2H2,1H3/t21-,22+,23+/m1/s1. The summed E-state index contributed by atoms with van der Waals surface area (Å²) in [4.78, 5) is 45.5. The molecule has 3 atom stereocenters. The first-order valence-electron chi connectivity index (χ1n) is 10.9. The number of hydrogen-bond donors (Lipinski definition) is 0. The number of hydroxylamine groups is 1. The Morgan fingerprint density at radius 2 is 1.59 bits per heavy atom. The molecule has 3 aromatic rings. The fourth-order valence-corrected chi connectivity index (χ4v) is 4.55. The number of nitrogens with zero attached hydrogens (tertiary/aromatic N) is 3. The monoisotopic (exact) mass is 459 g/mol. The second-order valence-corrected chi connectivity index (χ2v) is 7.91. The third kappa shape index (κ3) is 3.46. The minimum absolute atomic E-state index is 0.141. The normalized spacial score (nSPS) is 21.6. The van der Waals surface area contributed by atoms with Crippen LogP contribution in [-0.4, -0.2) is 29.4 Å². The minimum atomic E-state index is -1.11. The van der Waals surface area contributed by atoms with E-state index in [4.69, 9.17) is 9.57 Å². The number of ether oxygens (including phenoxy) is 1. The lowest BCUT2D eigenvalue weighted by atomic mass is 9.89. The Bertz CT molecular complexity index is 1250. The van der Waals surface area contributed by atoms with Crippen LogP contribution in [0.2, 0.25) is 0 Å². The summed E-state index contributed by atoms with van der Waals surface area (Å²) in [5.41, 5.74) is 1.15. The van der Waals surface area contributed by atoms with Gasteiger partial charge in [-0.3, -0.25) is 24.5 Å². The fourth-order valence-electron chi connectivity index (χ4n) is 4.55. The van der Waals surface area contributed by atoms with Gasteiger partial charge in [-0.1, -0.05) is 30.3 Å². The number of nitro groups is 1. The van der Waals surface area contributed by atoms with Crippen LogP contribution in [-0.2, 0) is 14.4 Å². The molecule has 2 aliphatic rings. The number of benzene rings is 3. The van der Waals surface area contributed by atoms with Crippen LogP contribution in [0.15, 0.2) is 78.9 Å². The van der Waals surface area contributed by atoms with Crippen molar-refractivity contribution in [2.24, 2.45) is 5.92 Å². The Morgan fingerprint density at radius 1 is 0.912 bits per heavy atom. The molecule has 0 aliphatic carbocycles. The molecule has 2 saturated heterocycles. The quantitative estimate of drug-likeness (QED) is 0.311. The first-order valence-corrected chi connectivity index (χ1v) is 10.9. The first kappa shape index (κ1) is 21.6. The highest BCUT2D eigenvalue weighted by Gasteiger charge is 2.61. The zero-order valence-electron chi connectivity index (χ0n) is 18.2. The molecule has 5 rings (SSSR count). The van der Waals surface area contributed by atoms with Crippen molar-refractivity contribution in [2.45, 2.75) is 19.1 Å². The van der Waals surface area contributed by atoms with E-state index in [2.05, 4.69) is 0 Å². The van der Waals surface area contributed by atoms with Crippen LogP contribution in [0.25, 0.3) is 0 Å². The number of imide groups is 1. The third-order valence-electron chi connectivity index (χ3n) is 5.98. The Balaban J connectivity index is 1.58. The van der Waals surface area contributed by atoms with Crippen molar-refractivity contribution >= 4 is 28.9 Å². The molecule has 0 radical (unpaired) electrons. The molecule has 0 saturated carbocycles. The van der Waals surface area contributed by atoms with Crippen molar-refractivity contribution in [1.82, 2.24) is 0 Å².